The zero-order valence-corrected chi connectivity index (χ0v) is 23.1. The summed E-state index contributed by atoms with van der Waals surface area (Å²) in [5.41, 5.74) is 1.48. The summed E-state index contributed by atoms with van der Waals surface area (Å²) in [6, 6.07) is 26.4. The van der Waals surface area contributed by atoms with Crippen molar-refractivity contribution in [1.82, 2.24) is 0 Å². The highest BCUT2D eigenvalue weighted by molar-refractivity contribution is 5.93. The van der Waals surface area contributed by atoms with E-state index in [9.17, 15) is 5.11 Å². The summed E-state index contributed by atoms with van der Waals surface area (Å²) >= 11 is 0. The molecule has 0 aliphatic heterocycles. The van der Waals surface area contributed by atoms with Crippen LogP contribution in [0.4, 0.5) is 5.69 Å². The third-order valence-corrected chi connectivity index (χ3v) is 4.04. The highest BCUT2D eigenvalue weighted by Gasteiger charge is 2.08. The van der Waals surface area contributed by atoms with Gasteiger partial charge in [-0.05, 0) is 34.7 Å². The molecule has 0 aliphatic carbocycles. The van der Waals surface area contributed by atoms with Gasteiger partial charge in [0.2, 0.25) is 0 Å². The summed E-state index contributed by atoms with van der Waals surface area (Å²) in [7, 11) is 1.59. The van der Waals surface area contributed by atoms with Gasteiger partial charge in [-0.15, -0.1) is 0 Å². The van der Waals surface area contributed by atoms with Crippen molar-refractivity contribution < 1.29 is 5.11 Å². The van der Waals surface area contributed by atoms with Crippen molar-refractivity contribution in [2.24, 2.45) is 10.2 Å². The van der Waals surface area contributed by atoms with E-state index in [1.165, 1.54) is 17.2 Å². The van der Waals surface area contributed by atoms with E-state index in [2.05, 4.69) is 72.6 Å². The van der Waals surface area contributed by atoms with E-state index in [-0.39, 0.29) is 5.75 Å². The number of rotatable bonds is 1. The van der Waals surface area contributed by atoms with Crippen LogP contribution in [0.25, 0.3) is 21.5 Å². The molecule has 0 spiro atoms. The molecule has 186 valence electrons. The molecule has 0 heterocycles. The van der Waals surface area contributed by atoms with Crippen molar-refractivity contribution >= 4 is 27.2 Å². The molecule has 3 nitrogen and oxygen atoms in total. The molecule has 0 fully saturated rings. The van der Waals surface area contributed by atoms with Gasteiger partial charge in [0.25, 0.3) is 0 Å². The Morgan fingerprint density at radius 3 is 1.38 bits per heavy atom. The maximum atomic E-state index is 10.0. The summed E-state index contributed by atoms with van der Waals surface area (Å²) in [6.07, 6.45) is 1.25. The summed E-state index contributed by atoms with van der Waals surface area (Å²) in [6.45, 7) is 18.2. The molecule has 3 heteroatoms. The number of azo groups is 1. The predicted molar refractivity (Wildman–Crippen MR) is 155 cm³/mol. The number of phenols is 1. The van der Waals surface area contributed by atoms with E-state index in [1.807, 2.05) is 78.8 Å². The molecular formula is C31H46N2O. The van der Waals surface area contributed by atoms with Gasteiger partial charge in [-0.3, -0.25) is 0 Å². The highest BCUT2D eigenvalue weighted by atomic mass is 16.3. The van der Waals surface area contributed by atoms with Crippen LogP contribution in [-0.2, 0) is 0 Å². The fourth-order valence-corrected chi connectivity index (χ4v) is 2.81. The average Bonchev–Trinajstić information content (AvgIpc) is 2.91. The molecule has 4 aromatic carbocycles. The lowest BCUT2D eigenvalue weighted by atomic mass is 10.0. The first-order valence-electron chi connectivity index (χ1n) is 12.6. The van der Waals surface area contributed by atoms with Crippen molar-refractivity contribution in [2.75, 3.05) is 7.05 Å². The molecule has 0 radical (unpaired) electrons. The minimum Gasteiger partial charge on any atom is -0.505 e. The Morgan fingerprint density at radius 1 is 0.647 bits per heavy atom. The van der Waals surface area contributed by atoms with Gasteiger partial charge >= 0.3 is 0 Å². The molecule has 0 amide bonds. The molecule has 0 unspecified atom stereocenters. The van der Waals surface area contributed by atoms with E-state index in [0.29, 0.717) is 5.69 Å². The molecular weight excluding hydrogens is 416 g/mol. The lowest BCUT2D eigenvalue weighted by molar-refractivity contribution is 0.482. The first kappa shape index (κ1) is 33.0. The van der Waals surface area contributed by atoms with Crippen molar-refractivity contribution in [1.29, 1.82) is 0 Å². The summed E-state index contributed by atoms with van der Waals surface area (Å²) in [5.74, 6) is 0.205. The van der Waals surface area contributed by atoms with Gasteiger partial charge in [0.05, 0.1) is 0 Å². The Labute approximate surface area is 208 Å². The van der Waals surface area contributed by atoms with Gasteiger partial charge in [-0.1, -0.05) is 135 Å². The number of phenolic OH excluding ortho intramolecular Hbond substituents is 1. The smallest absolute Gasteiger partial charge is 0.151 e. The first-order chi connectivity index (χ1) is 16.6. The first-order valence-corrected chi connectivity index (χ1v) is 12.6. The van der Waals surface area contributed by atoms with Crippen LogP contribution in [0.5, 0.6) is 5.75 Å². The van der Waals surface area contributed by atoms with Crippen LogP contribution in [0.15, 0.2) is 89.1 Å². The van der Waals surface area contributed by atoms with Crippen LogP contribution in [0, 0.1) is 6.92 Å². The van der Waals surface area contributed by atoms with E-state index >= 15 is 0 Å². The third-order valence-electron chi connectivity index (χ3n) is 4.04. The van der Waals surface area contributed by atoms with Crippen molar-refractivity contribution in [3.63, 3.8) is 0 Å². The molecule has 0 atom stereocenters. The predicted octanol–water partition coefficient (Wildman–Crippen LogP) is 10.9. The number of aryl methyl sites for hydroxylation is 1. The van der Waals surface area contributed by atoms with Gasteiger partial charge in [0.1, 0.15) is 5.69 Å². The quantitative estimate of drug-likeness (QED) is 0.281. The van der Waals surface area contributed by atoms with E-state index in [0.717, 1.165) is 16.3 Å². The van der Waals surface area contributed by atoms with Crippen molar-refractivity contribution in [3.05, 3.63) is 84.4 Å². The third kappa shape index (κ3) is 11.1. The minimum atomic E-state index is 0.205. The van der Waals surface area contributed by atoms with E-state index in [1.54, 1.807) is 7.05 Å². The maximum Gasteiger partial charge on any atom is 0.151 e. The fourth-order valence-electron chi connectivity index (χ4n) is 2.81. The highest BCUT2D eigenvalue weighted by Crippen LogP contribution is 2.37. The number of aromatic hydroxyl groups is 1. The molecule has 1 N–H and O–H groups in total. The van der Waals surface area contributed by atoms with Gasteiger partial charge in [-0.2, -0.15) is 10.2 Å². The fraction of sp³-hybridized carbons (Fsp3) is 0.355. The number of hydrogen-bond acceptors (Lipinski definition) is 3. The van der Waals surface area contributed by atoms with Gasteiger partial charge in [0.15, 0.2) is 5.75 Å². The second-order valence-electron chi connectivity index (χ2n) is 6.47. The van der Waals surface area contributed by atoms with Crippen LogP contribution < -0.4 is 0 Å². The van der Waals surface area contributed by atoms with Crippen LogP contribution in [0.2, 0.25) is 0 Å². The molecule has 4 aromatic rings. The summed E-state index contributed by atoms with van der Waals surface area (Å²) in [5, 5.41) is 22.1. The Kier molecular flexibility index (Phi) is 21.0. The minimum absolute atomic E-state index is 0.205. The SMILES string of the molecule is CC.CC.CC.CCC.CN=Nc1c(C)cc2ccccc2c1O.c1ccc2ccccc2c1. The standard InChI is InChI=1S/C12H12N2O.C10H8.C3H8.3C2H6/c1-8-7-9-5-3-4-6-10(9)12(15)11(8)14-13-2;1-2-6-10-8-4-3-7-9(10)5-1;1-3-2;3*1-2/h3-7,15H,1-2H3;1-8H;3H2,1-2H3;3*1-2H3. The van der Waals surface area contributed by atoms with E-state index < -0.39 is 0 Å². The molecule has 4 rings (SSSR count). The molecule has 0 aliphatic rings. The monoisotopic (exact) mass is 462 g/mol. The zero-order valence-electron chi connectivity index (χ0n) is 23.1. The Balaban J connectivity index is 0. The van der Waals surface area contributed by atoms with Gasteiger partial charge in [0, 0.05) is 12.4 Å². The normalized spacial score (nSPS) is 9.00. The van der Waals surface area contributed by atoms with Crippen LogP contribution in [0.3, 0.4) is 0 Å². The maximum absolute atomic E-state index is 10.0. The lowest BCUT2D eigenvalue weighted by Crippen LogP contribution is -1.79. The summed E-state index contributed by atoms with van der Waals surface area (Å²) < 4.78 is 0. The van der Waals surface area contributed by atoms with Gasteiger partial charge in [-0.25, -0.2) is 0 Å². The molecule has 0 bridgehead atoms. The second-order valence-corrected chi connectivity index (χ2v) is 6.47. The second kappa shape index (κ2) is 21.6. The number of fused-ring (bicyclic) bond motifs is 2. The van der Waals surface area contributed by atoms with Crippen molar-refractivity contribution in [2.45, 2.75) is 68.7 Å². The largest absolute Gasteiger partial charge is 0.505 e. The van der Waals surface area contributed by atoms with Crippen LogP contribution in [0.1, 0.15) is 67.4 Å². The zero-order chi connectivity index (χ0) is 26.4. The number of benzene rings is 4. The van der Waals surface area contributed by atoms with Crippen LogP contribution in [-0.4, -0.2) is 12.2 Å². The average molecular weight is 463 g/mol. The topological polar surface area (TPSA) is 45.0 Å². The lowest BCUT2D eigenvalue weighted by Gasteiger charge is -2.06. The number of nitrogens with zero attached hydrogens (tertiary/aromatic N) is 2. The van der Waals surface area contributed by atoms with Crippen molar-refractivity contribution in [3.8, 4) is 5.75 Å². The Bertz CT molecular complexity index is 990. The van der Waals surface area contributed by atoms with Crippen LogP contribution >= 0.6 is 0 Å². The Morgan fingerprint density at radius 2 is 1.00 bits per heavy atom. The Hall–Kier alpha value is -3.20. The number of hydrogen-bond donors (Lipinski definition) is 1. The van der Waals surface area contributed by atoms with E-state index in [4.69, 9.17) is 0 Å². The molecule has 34 heavy (non-hydrogen) atoms. The van der Waals surface area contributed by atoms with Gasteiger partial charge < -0.3 is 5.11 Å². The molecule has 0 saturated carbocycles. The molecule has 0 aromatic heterocycles. The molecule has 0 saturated heterocycles. The summed E-state index contributed by atoms with van der Waals surface area (Å²) in [4.78, 5) is 0.